The maximum Gasteiger partial charge on any atom is 0.346 e. The van der Waals surface area contributed by atoms with E-state index in [0.717, 1.165) is 0 Å². The van der Waals surface area contributed by atoms with Gasteiger partial charge in [0.25, 0.3) is 5.69 Å². The van der Waals surface area contributed by atoms with Crippen LogP contribution in [0.15, 0.2) is 63.9 Å². The number of phenols is 1. The van der Waals surface area contributed by atoms with Gasteiger partial charge in [0.1, 0.15) is 17.3 Å². The molecular formula is C19H17N5O3. The van der Waals surface area contributed by atoms with Crippen LogP contribution in [0.5, 0.6) is 5.75 Å². The maximum absolute atomic E-state index is 13.2. The number of rotatable bonds is 3. The van der Waals surface area contributed by atoms with Crippen molar-refractivity contribution in [3.05, 3.63) is 76.4 Å². The van der Waals surface area contributed by atoms with E-state index in [1.807, 2.05) is 30.3 Å². The molecular weight excluding hydrogens is 346 g/mol. The zero-order valence-corrected chi connectivity index (χ0v) is 14.7. The molecule has 27 heavy (non-hydrogen) atoms. The predicted octanol–water partition coefficient (Wildman–Crippen LogP) is 2.81. The van der Waals surface area contributed by atoms with E-state index in [9.17, 15) is 9.90 Å². The third-order valence-corrected chi connectivity index (χ3v) is 4.54. The maximum atomic E-state index is 13.2. The Kier molecular flexibility index (Phi) is 3.80. The average Bonchev–Trinajstić information content (AvgIpc) is 3.13. The number of para-hydroxylation sites is 2. The molecule has 2 aromatic heterocycles. The van der Waals surface area contributed by atoms with Crippen LogP contribution >= 0.6 is 0 Å². The van der Waals surface area contributed by atoms with E-state index in [0.29, 0.717) is 16.9 Å². The summed E-state index contributed by atoms with van der Waals surface area (Å²) in [6.45, 7) is 1.79. The lowest BCUT2D eigenvalue weighted by atomic mass is 10.1. The molecule has 0 aliphatic carbocycles. The molecule has 0 bridgehead atoms. The molecule has 8 heteroatoms. The van der Waals surface area contributed by atoms with Crippen LogP contribution in [0.3, 0.4) is 0 Å². The number of benzene rings is 2. The molecule has 8 nitrogen and oxygen atoms in total. The van der Waals surface area contributed by atoms with Gasteiger partial charge in [-0.3, -0.25) is 9.48 Å². The molecule has 4 aromatic rings. The monoisotopic (exact) mass is 363 g/mol. The molecule has 0 aliphatic heterocycles. The van der Waals surface area contributed by atoms with Crippen molar-refractivity contribution >= 4 is 5.88 Å². The summed E-state index contributed by atoms with van der Waals surface area (Å²) in [4.78, 5) is 13.2. The number of nitrogens with zero attached hydrogens (tertiary/aromatic N) is 4. The molecule has 136 valence electrons. The molecule has 0 fully saturated rings. The van der Waals surface area contributed by atoms with Crippen molar-refractivity contribution in [3.8, 4) is 28.4 Å². The second-order valence-electron chi connectivity index (χ2n) is 6.09. The fourth-order valence-corrected chi connectivity index (χ4v) is 3.12. The van der Waals surface area contributed by atoms with Gasteiger partial charge in [-0.25, -0.2) is 4.68 Å². The van der Waals surface area contributed by atoms with Gasteiger partial charge in [-0.1, -0.05) is 30.3 Å². The van der Waals surface area contributed by atoms with Gasteiger partial charge in [0, 0.05) is 7.05 Å². The van der Waals surface area contributed by atoms with Crippen molar-refractivity contribution in [2.24, 2.45) is 7.05 Å². The fourth-order valence-electron chi connectivity index (χ4n) is 3.12. The number of hydrogen-bond acceptors (Lipinski definition) is 4. The number of nitrogens with one attached hydrogen (secondary N) is 1. The molecule has 0 amide bonds. The Balaban J connectivity index is 2.01. The lowest BCUT2D eigenvalue weighted by Gasteiger charge is -2.06. The Labute approximate surface area is 154 Å². The van der Waals surface area contributed by atoms with Crippen LogP contribution in [0.25, 0.3) is 28.4 Å². The first-order valence-electron chi connectivity index (χ1n) is 8.27. The topological polar surface area (TPSA) is 101 Å². The highest BCUT2D eigenvalue weighted by atomic mass is 16.5. The lowest BCUT2D eigenvalue weighted by molar-refractivity contribution is -0.661. The molecule has 0 unspecified atom stereocenters. The molecule has 2 aromatic carbocycles. The molecule has 0 saturated carbocycles. The van der Waals surface area contributed by atoms with Crippen molar-refractivity contribution in [3.63, 3.8) is 0 Å². The van der Waals surface area contributed by atoms with Gasteiger partial charge in [-0.2, -0.15) is 0 Å². The summed E-state index contributed by atoms with van der Waals surface area (Å²) in [6.07, 6.45) is 0. The van der Waals surface area contributed by atoms with Crippen molar-refractivity contribution < 1.29 is 14.3 Å². The Morgan fingerprint density at radius 3 is 2.48 bits per heavy atom. The number of aromatic nitrogens is 4. The molecule has 4 rings (SSSR count). The fraction of sp³-hybridized carbons (Fsp3) is 0.105. The van der Waals surface area contributed by atoms with E-state index < -0.39 is 0 Å². The zero-order chi connectivity index (χ0) is 19.1. The molecule has 0 spiro atoms. The molecule has 2 heterocycles. The highest BCUT2D eigenvalue weighted by molar-refractivity contribution is 5.72. The third-order valence-electron chi connectivity index (χ3n) is 4.54. The van der Waals surface area contributed by atoms with E-state index in [-0.39, 0.29) is 28.6 Å². The Morgan fingerprint density at radius 2 is 1.78 bits per heavy atom. The van der Waals surface area contributed by atoms with Crippen molar-refractivity contribution in [2.75, 3.05) is 0 Å². The van der Waals surface area contributed by atoms with E-state index in [4.69, 9.17) is 10.3 Å². The van der Waals surface area contributed by atoms with Crippen LogP contribution in [0, 0.1) is 6.92 Å². The number of aromatic hydroxyl groups is 1. The van der Waals surface area contributed by atoms with Crippen molar-refractivity contribution in [1.82, 2.24) is 14.6 Å². The Bertz CT molecular complexity index is 1190. The van der Waals surface area contributed by atoms with E-state index in [2.05, 4.69) is 5.27 Å². The first-order chi connectivity index (χ1) is 13.0. The van der Waals surface area contributed by atoms with Crippen LogP contribution in [0.2, 0.25) is 0 Å². The van der Waals surface area contributed by atoms with Gasteiger partial charge in [-0.05, 0) is 35.9 Å². The molecule has 2 N–H and O–H groups in total. The zero-order valence-electron chi connectivity index (χ0n) is 14.7. The molecule has 0 aliphatic rings. The standard InChI is InChI=1S/C19H16N5O3/c1-12-16(19(26)24(22(12)2)13-8-4-3-5-9-13)23-17(18(20)27-21-23)14-10-6-7-11-15(14)25/h3-11,20H,1-2H3/q-1/p+1. The van der Waals surface area contributed by atoms with Crippen LogP contribution in [0.4, 0.5) is 5.88 Å². The highest BCUT2D eigenvalue weighted by Crippen LogP contribution is 2.33. The average molecular weight is 363 g/mol. The largest absolute Gasteiger partial charge is 0.660 e. The van der Waals surface area contributed by atoms with Gasteiger partial charge >= 0.3 is 11.2 Å². The molecule has 0 saturated heterocycles. The first kappa shape index (κ1) is 16.6. The highest BCUT2D eigenvalue weighted by Gasteiger charge is 2.33. The summed E-state index contributed by atoms with van der Waals surface area (Å²) in [6, 6.07) is 15.8. The van der Waals surface area contributed by atoms with Crippen LogP contribution < -0.4 is 10.2 Å². The lowest BCUT2D eigenvalue weighted by Crippen LogP contribution is -2.40. The minimum Gasteiger partial charge on any atom is -0.660 e. The molecule has 0 atom stereocenters. The third kappa shape index (κ3) is 2.50. The van der Waals surface area contributed by atoms with Gasteiger partial charge in [0.05, 0.1) is 11.3 Å². The summed E-state index contributed by atoms with van der Waals surface area (Å²) in [5.41, 5.74) is 9.92. The Hall–Kier alpha value is -3.81. The van der Waals surface area contributed by atoms with E-state index in [1.165, 1.54) is 15.4 Å². The van der Waals surface area contributed by atoms with Crippen molar-refractivity contribution in [1.29, 1.82) is 0 Å². The van der Waals surface area contributed by atoms with Gasteiger partial charge in [0.2, 0.25) is 5.27 Å². The second-order valence-corrected chi connectivity index (χ2v) is 6.09. The summed E-state index contributed by atoms with van der Waals surface area (Å²) >= 11 is 0. The summed E-state index contributed by atoms with van der Waals surface area (Å²) in [5.74, 6) is -0.273. The summed E-state index contributed by atoms with van der Waals surface area (Å²) in [5, 5.41) is 14.1. The minimum atomic E-state index is -0.309. The predicted molar refractivity (Wildman–Crippen MR) is 98.4 cm³/mol. The second kappa shape index (κ2) is 6.17. The summed E-state index contributed by atoms with van der Waals surface area (Å²) in [7, 11) is 1.77. The van der Waals surface area contributed by atoms with E-state index in [1.54, 1.807) is 36.9 Å². The number of phenolic OH excluding ortho intramolecular Hbond substituents is 1. The molecule has 0 radical (unpaired) electrons. The van der Waals surface area contributed by atoms with Crippen LogP contribution in [0.1, 0.15) is 5.69 Å². The van der Waals surface area contributed by atoms with Gasteiger partial charge in [-0.15, -0.1) is 0 Å². The SMILES string of the molecule is Cc1c(-[n+]2noc([NH-])c2-c2ccccc2O)c(=O)n(-c2ccccc2)n1C. The van der Waals surface area contributed by atoms with Gasteiger partial charge < -0.3 is 15.4 Å². The normalized spacial score (nSPS) is 11.0. The van der Waals surface area contributed by atoms with Crippen LogP contribution in [-0.4, -0.2) is 19.7 Å². The quantitative estimate of drug-likeness (QED) is 0.566. The van der Waals surface area contributed by atoms with Crippen LogP contribution in [-0.2, 0) is 7.05 Å². The van der Waals surface area contributed by atoms with Gasteiger partial charge in [0.15, 0.2) is 0 Å². The summed E-state index contributed by atoms with van der Waals surface area (Å²) < 4.78 is 9.54. The minimum absolute atomic E-state index is 0.0279. The Morgan fingerprint density at radius 1 is 1.11 bits per heavy atom. The van der Waals surface area contributed by atoms with Crippen molar-refractivity contribution in [2.45, 2.75) is 6.92 Å². The smallest absolute Gasteiger partial charge is 0.346 e. The number of hydrogen-bond donors (Lipinski definition) is 1. The van der Waals surface area contributed by atoms with E-state index >= 15 is 0 Å². The first-order valence-corrected chi connectivity index (χ1v) is 8.27.